The van der Waals surface area contributed by atoms with E-state index in [1.165, 1.54) is 27.9 Å². The van der Waals surface area contributed by atoms with Gasteiger partial charge in [-0.2, -0.15) is 0 Å². The fourth-order valence-corrected chi connectivity index (χ4v) is 3.74. The van der Waals surface area contributed by atoms with Crippen LogP contribution < -0.4 is 5.32 Å². The van der Waals surface area contributed by atoms with E-state index in [1.54, 1.807) is 0 Å². The molecule has 29 heavy (non-hydrogen) atoms. The first kappa shape index (κ1) is 18.9. The van der Waals surface area contributed by atoms with Crippen LogP contribution in [0.3, 0.4) is 0 Å². The Morgan fingerprint density at radius 2 is 1.90 bits per heavy atom. The summed E-state index contributed by atoms with van der Waals surface area (Å²) in [7, 11) is 0. The molecule has 1 atom stereocenters. The van der Waals surface area contributed by atoms with Gasteiger partial charge in [-0.3, -0.25) is 4.79 Å². The number of amides is 1. The summed E-state index contributed by atoms with van der Waals surface area (Å²) in [5.74, 6) is -0.205. The smallest absolute Gasteiger partial charge is 0.251 e. The fourth-order valence-electron chi connectivity index (χ4n) is 3.02. The van der Waals surface area contributed by atoms with E-state index in [4.69, 9.17) is 0 Å². The summed E-state index contributed by atoms with van der Waals surface area (Å²) < 4.78 is 1.47. The lowest BCUT2D eigenvalue weighted by molar-refractivity contribution is -0.119. The van der Waals surface area contributed by atoms with Gasteiger partial charge in [-0.15, -0.1) is 16.4 Å². The lowest BCUT2D eigenvalue weighted by Gasteiger charge is -2.15. The number of nitrogens with one attached hydrogen (secondary N) is 1. The predicted molar refractivity (Wildman–Crippen MR) is 113 cm³/mol. The van der Waals surface area contributed by atoms with Gasteiger partial charge in [0.1, 0.15) is 12.4 Å². The van der Waals surface area contributed by atoms with Crippen molar-refractivity contribution < 1.29 is 4.79 Å². The molecular formula is C21H20N6OS. The number of aromatic nitrogens is 5. The predicted octanol–water partition coefficient (Wildman–Crippen LogP) is 3.78. The molecule has 1 N–H and O–H groups in total. The van der Waals surface area contributed by atoms with Crippen molar-refractivity contribution in [2.24, 2.45) is 0 Å². The van der Waals surface area contributed by atoms with Crippen molar-refractivity contribution in [3.05, 3.63) is 77.4 Å². The third kappa shape index (κ3) is 4.55. The Labute approximate surface area is 172 Å². The van der Waals surface area contributed by atoms with Gasteiger partial charge < -0.3 is 5.32 Å². The number of nitrogens with zero attached hydrogens (tertiary/aromatic N) is 5. The number of hydrogen-bond donors (Lipinski definition) is 1. The third-order valence-corrected chi connectivity index (χ3v) is 5.41. The molecule has 0 bridgehead atoms. The van der Waals surface area contributed by atoms with Crippen molar-refractivity contribution in [3.63, 3.8) is 0 Å². The molecule has 4 rings (SSSR count). The van der Waals surface area contributed by atoms with Crippen molar-refractivity contribution in [3.8, 4) is 11.3 Å². The monoisotopic (exact) mass is 404 g/mol. The van der Waals surface area contributed by atoms with Crippen molar-refractivity contribution in [2.75, 3.05) is 5.32 Å². The lowest BCUT2D eigenvalue weighted by atomic mass is 10.1. The SMILES string of the molecule is CCc1ccc(-c2csc(NC(=O)[C@@H](Cc3ccccc3)n3cnnn3)n2)cc1. The molecule has 8 heteroatoms. The Morgan fingerprint density at radius 1 is 1.10 bits per heavy atom. The lowest BCUT2D eigenvalue weighted by Crippen LogP contribution is -2.28. The molecule has 0 unspecified atom stereocenters. The summed E-state index contributed by atoms with van der Waals surface area (Å²) in [6, 6.07) is 17.5. The number of anilines is 1. The zero-order chi connectivity index (χ0) is 20.1. The number of benzene rings is 2. The summed E-state index contributed by atoms with van der Waals surface area (Å²) in [6.45, 7) is 2.13. The van der Waals surface area contributed by atoms with E-state index in [1.807, 2.05) is 35.7 Å². The van der Waals surface area contributed by atoms with Crippen molar-refractivity contribution >= 4 is 22.4 Å². The Morgan fingerprint density at radius 3 is 2.59 bits per heavy atom. The quantitative estimate of drug-likeness (QED) is 0.507. The minimum atomic E-state index is -0.566. The molecular weight excluding hydrogens is 384 g/mol. The van der Waals surface area contributed by atoms with E-state index in [0.717, 1.165) is 23.2 Å². The highest BCUT2D eigenvalue weighted by atomic mass is 32.1. The molecule has 146 valence electrons. The van der Waals surface area contributed by atoms with Gasteiger partial charge in [-0.05, 0) is 28.0 Å². The maximum absolute atomic E-state index is 13.0. The van der Waals surface area contributed by atoms with Crippen LogP contribution in [-0.4, -0.2) is 31.1 Å². The second kappa shape index (κ2) is 8.74. The van der Waals surface area contributed by atoms with E-state index in [0.29, 0.717) is 11.6 Å². The molecule has 0 aliphatic heterocycles. The molecule has 0 aliphatic rings. The fraction of sp³-hybridized carbons (Fsp3) is 0.190. The Hall–Kier alpha value is -3.39. The molecule has 0 saturated heterocycles. The molecule has 2 aromatic carbocycles. The van der Waals surface area contributed by atoms with Gasteiger partial charge in [0.25, 0.3) is 5.91 Å². The topological polar surface area (TPSA) is 85.6 Å². The normalized spacial score (nSPS) is 11.9. The highest BCUT2D eigenvalue weighted by molar-refractivity contribution is 7.14. The average molecular weight is 404 g/mol. The van der Waals surface area contributed by atoms with Gasteiger partial charge in [0.05, 0.1) is 5.69 Å². The number of aryl methyl sites for hydroxylation is 1. The van der Waals surface area contributed by atoms with E-state index < -0.39 is 6.04 Å². The second-order valence-electron chi connectivity index (χ2n) is 6.57. The highest BCUT2D eigenvalue weighted by Crippen LogP contribution is 2.26. The van der Waals surface area contributed by atoms with Gasteiger partial charge in [0, 0.05) is 17.4 Å². The first-order valence-electron chi connectivity index (χ1n) is 9.35. The van der Waals surface area contributed by atoms with Crippen LogP contribution in [0.25, 0.3) is 11.3 Å². The maximum Gasteiger partial charge on any atom is 0.251 e. The molecule has 0 fully saturated rings. The van der Waals surface area contributed by atoms with Crippen molar-refractivity contribution in [2.45, 2.75) is 25.8 Å². The number of thiazole rings is 1. The summed E-state index contributed by atoms with van der Waals surface area (Å²) in [6.07, 6.45) is 2.93. The molecule has 2 heterocycles. The van der Waals surface area contributed by atoms with E-state index in [-0.39, 0.29) is 5.91 Å². The Kier molecular flexibility index (Phi) is 5.71. The first-order valence-corrected chi connectivity index (χ1v) is 10.2. The molecule has 7 nitrogen and oxygen atoms in total. The number of carbonyl (C=O) groups is 1. The van der Waals surface area contributed by atoms with Gasteiger partial charge in [-0.1, -0.05) is 61.5 Å². The van der Waals surface area contributed by atoms with E-state index in [9.17, 15) is 4.79 Å². The van der Waals surface area contributed by atoms with Crippen LogP contribution in [0.5, 0.6) is 0 Å². The average Bonchev–Trinajstić information content (AvgIpc) is 3.45. The molecule has 0 aliphatic carbocycles. The second-order valence-corrected chi connectivity index (χ2v) is 7.43. The van der Waals surface area contributed by atoms with Crippen LogP contribution in [0, 0.1) is 0 Å². The van der Waals surface area contributed by atoms with Crippen LogP contribution in [0.2, 0.25) is 0 Å². The summed E-state index contributed by atoms with van der Waals surface area (Å²) in [5, 5.41) is 16.7. The number of rotatable bonds is 7. The highest BCUT2D eigenvalue weighted by Gasteiger charge is 2.23. The number of hydrogen-bond acceptors (Lipinski definition) is 6. The summed E-state index contributed by atoms with van der Waals surface area (Å²) >= 11 is 1.40. The third-order valence-electron chi connectivity index (χ3n) is 4.65. The van der Waals surface area contributed by atoms with E-state index in [2.05, 4.69) is 57.0 Å². The van der Waals surface area contributed by atoms with Crippen LogP contribution in [-0.2, 0) is 17.6 Å². The maximum atomic E-state index is 13.0. The molecule has 2 aromatic heterocycles. The zero-order valence-corrected chi connectivity index (χ0v) is 16.7. The van der Waals surface area contributed by atoms with Gasteiger partial charge in [0.15, 0.2) is 5.13 Å². The van der Waals surface area contributed by atoms with Crippen LogP contribution in [0.15, 0.2) is 66.3 Å². The summed E-state index contributed by atoms with van der Waals surface area (Å²) in [5.41, 5.74) is 4.18. The van der Waals surface area contributed by atoms with E-state index >= 15 is 0 Å². The molecule has 0 saturated carbocycles. The van der Waals surface area contributed by atoms with Gasteiger partial charge >= 0.3 is 0 Å². The summed E-state index contributed by atoms with van der Waals surface area (Å²) in [4.78, 5) is 17.6. The van der Waals surface area contributed by atoms with Crippen molar-refractivity contribution in [1.82, 2.24) is 25.2 Å². The first-order chi connectivity index (χ1) is 14.2. The van der Waals surface area contributed by atoms with Crippen LogP contribution in [0.4, 0.5) is 5.13 Å². The Bertz CT molecular complexity index is 1060. The number of carbonyl (C=O) groups excluding carboxylic acids is 1. The zero-order valence-electron chi connectivity index (χ0n) is 15.9. The van der Waals surface area contributed by atoms with Crippen LogP contribution >= 0.6 is 11.3 Å². The molecule has 1 amide bonds. The van der Waals surface area contributed by atoms with Gasteiger partial charge in [-0.25, -0.2) is 9.67 Å². The molecule has 4 aromatic rings. The number of tetrazole rings is 1. The standard InChI is InChI=1S/C21H20N6OS/c1-2-15-8-10-17(11-9-15)18-13-29-21(23-18)24-20(28)19(27-14-22-25-26-27)12-16-6-4-3-5-7-16/h3-11,13-14,19H,2,12H2,1H3,(H,23,24,28)/t19-/m1/s1. The largest absolute Gasteiger partial charge is 0.300 e. The van der Waals surface area contributed by atoms with Crippen LogP contribution in [0.1, 0.15) is 24.1 Å². The van der Waals surface area contributed by atoms with Gasteiger partial charge in [0.2, 0.25) is 0 Å². The molecule has 0 spiro atoms. The Balaban J connectivity index is 1.51. The van der Waals surface area contributed by atoms with Crippen molar-refractivity contribution in [1.29, 1.82) is 0 Å². The minimum Gasteiger partial charge on any atom is -0.300 e. The molecule has 0 radical (unpaired) electrons. The minimum absolute atomic E-state index is 0.205.